The van der Waals surface area contributed by atoms with Gasteiger partial charge in [-0.1, -0.05) is 387 Å². The number of ether oxygens (including phenoxy) is 6. The number of unbranched alkanes of at least 4 members (excludes halogenated alkanes) is 56. The first-order valence-corrected chi connectivity index (χ1v) is 45.3. The molecule has 1 aliphatic heterocycles. The third kappa shape index (κ3) is 45.3. The molecule has 0 aliphatic carbocycles. The van der Waals surface area contributed by atoms with E-state index in [9.17, 15) is 44.4 Å². The molecule has 0 saturated heterocycles. The third-order valence-corrected chi connectivity index (χ3v) is 21.9. The van der Waals surface area contributed by atoms with E-state index in [-0.39, 0.29) is 77.5 Å². The van der Waals surface area contributed by atoms with Crippen LogP contribution < -0.4 is 23.7 Å². The molecule has 3 aromatic rings. The Bertz CT molecular complexity index is 2730. The second kappa shape index (κ2) is 63.5. The van der Waals surface area contributed by atoms with E-state index in [4.69, 9.17) is 28.4 Å². The SMILES string of the molecule is CCCCCCCCCCCCCCCCCC(=O)Oc1cc(C(=O)OC2Cc3c(O)cc(O)cc3OC2c2cc(OC(=O)CCCCCCCCCCCCCCCCC)c(O)c(OC(=O)CCCCCCCCCCCCCCCCC)c2)cc(OC(=O)CCCCCCCCCCCCCCCCC)c1O. The van der Waals surface area contributed by atoms with Crippen LogP contribution >= 0.6 is 0 Å². The minimum atomic E-state index is -1.34. The maximum Gasteiger partial charge on any atom is 0.338 e. The van der Waals surface area contributed by atoms with Gasteiger partial charge < -0.3 is 48.8 Å². The molecule has 109 heavy (non-hydrogen) atoms. The topological polar surface area (TPSA) is 222 Å². The van der Waals surface area contributed by atoms with Crippen molar-refractivity contribution in [2.24, 2.45) is 0 Å². The predicted molar refractivity (Wildman–Crippen MR) is 443 cm³/mol. The van der Waals surface area contributed by atoms with E-state index in [0.29, 0.717) is 25.7 Å². The molecule has 1 aliphatic rings. The van der Waals surface area contributed by atoms with Gasteiger partial charge in [0.05, 0.1) is 5.56 Å². The number of phenols is 4. The zero-order valence-corrected chi connectivity index (χ0v) is 69.4. The molecule has 2 unspecified atom stereocenters. The Labute approximate surface area is 661 Å². The summed E-state index contributed by atoms with van der Waals surface area (Å²) >= 11 is 0. The summed E-state index contributed by atoms with van der Waals surface area (Å²) < 4.78 is 36.3. The fourth-order valence-corrected chi connectivity index (χ4v) is 15.1. The molecule has 620 valence electrons. The first kappa shape index (κ1) is 95.4. The normalized spacial score (nSPS) is 13.3. The molecule has 15 heteroatoms. The average molecular weight is 1520 g/mol. The number of fused-ring (bicyclic) bond motifs is 1. The minimum absolute atomic E-state index is 0.0393. The fraction of sp³-hybridized carbons (Fsp3) is 0.755. The predicted octanol–water partition coefficient (Wildman–Crippen LogP) is 28.1. The van der Waals surface area contributed by atoms with E-state index < -0.39 is 65.1 Å². The van der Waals surface area contributed by atoms with Crippen LogP contribution in [0.3, 0.4) is 0 Å². The number of carbonyl (C=O) groups is 5. The summed E-state index contributed by atoms with van der Waals surface area (Å²) in [6.45, 7) is 8.99. The Morgan fingerprint density at radius 1 is 0.312 bits per heavy atom. The van der Waals surface area contributed by atoms with Crippen molar-refractivity contribution in [1.82, 2.24) is 0 Å². The lowest BCUT2D eigenvalue weighted by molar-refractivity contribution is -0.136. The quantitative estimate of drug-likeness (QED) is 0.0234. The second-order valence-electron chi connectivity index (χ2n) is 32.0. The summed E-state index contributed by atoms with van der Waals surface area (Å²) in [4.78, 5) is 69.7. The number of aromatic hydroxyl groups is 4. The van der Waals surface area contributed by atoms with Gasteiger partial charge in [-0.3, -0.25) is 19.2 Å². The van der Waals surface area contributed by atoms with Gasteiger partial charge in [-0.25, -0.2) is 4.79 Å². The van der Waals surface area contributed by atoms with Crippen molar-refractivity contribution in [1.29, 1.82) is 0 Å². The van der Waals surface area contributed by atoms with Gasteiger partial charge in [0.25, 0.3) is 0 Å². The molecule has 0 radical (unpaired) electrons. The van der Waals surface area contributed by atoms with Gasteiger partial charge in [-0.15, -0.1) is 0 Å². The van der Waals surface area contributed by atoms with Gasteiger partial charge in [-0.05, 0) is 49.9 Å². The largest absolute Gasteiger partial charge is 0.508 e. The highest BCUT2D eigenvalue weighted by Crippen LogP contribution is 2.48. The van der Waals surface area contributed by atoms with Crippen molar-refractivity contribution in [3.05, 3.63) is 53.1 Å². The summed E-state index contributed by atoms with van der Waals surface area (Å²) in [7, 11) is 0. The van der Waals surface area contributed by atoms with Crippen molar-refractivity contribution in [3.63, 3.8) is 0 Å². The number of esters is 5. The monoisotopic (exact) mass is 1520 g/mol. The fourth-order valence-electron chi connectivity index (χ4n) is 15.1. The maximum atomic E-state index is 14.9. The standard InChI is InChI=1S/C94H154O15/c1-5-9-13-17-21-25-29-33-37-41-45-49-53-57-61-65-87(97)104-82-69-76(70-83(91(82)101)105-88(98)66-62-58-54-50-46-42-38-34-30-26-22-18-14-10-6-2)93-86(75-79-80(96)73-78(95)74-81(79)108-93)109-94(103)77-71-84(106-89(99)67-63-59-55-51-47-43-39-35-31-27-23-19-15-11-7-3)92(102)85(72-77)107-90(100)68-64-60-56-52-48-44-40-36-32-28-24-20-16-12-8-4/h69-74,86,93,95-96,101-102H,5-68,75H2,1-4H3. The number of hydrogen-bond donors (Lipinski definition) is 4. The van der Waals surface area contributed by atoms with Gasteiger partial charge in [0.2, 0.25) is 11.5 Å². The molecule has 0 fully saturated rings. The Balaban J connectivity index is 1.52. The van der Waals surface area contributed by atoms with Crippen LogP contribution in [0.1, 0.15) is 466 Å². The number of carbonyl (C=O) groups excluding carboxylic acids is 5. The van der Waals surface area contributed by atoms with Crippen molar-refractivity contribution in [2.45, 2.75) is 457 Å². The van der Waals surface area contributed by atoms with E-state index in [1.165, 1.54) is 275 Å². The molecule has 0 spiro atoms. The lowest BCUT2D eigenvalue weighted by Gasteiger charge is -2.34. The van der Waals surface area contributed by atoms with E-state index in [1.54, 1.807) is 0 Å². The average Bonchev–Trinajstić information content (AvgIpc) is 0.769. The summed E-state index contributed by atoms with van der Waals surface area (Å²) in [5.74, 6) is -6.86. The Hall–Kier alpha value is -5.99. The van der Waals surface area contributed by atoms with Crippen LogP contribution in [0.2, 0.25) is 0 Å². The smallest absolute Gasteiger partial charge is 0.338 e. The van der Waals surface area contributed by atoms with Gasteiger partial charge in [0.15, 0.2) is 29.1 Å². The molecule has 2 atom stereocenters. The molecular formula is C94H154O15. The molecule has 3 aromatic carbocycles. The molecule has 15 nitrogen and oxygen atoms in total. The minimum Gasteiger partial charge on any atom is -0.508 e. The second-order valence-corrected chi connectivity index (χ2v) is 32.0. The van der Waals surface area contributed by atoms with Crippen molar-refractivity contribution >= 4 is 29.8 Å². The Morgan fingerprint density at radius 3 is 0.789 bits per heavy atom. The van der Waals surface area contributed by atoms with Crippen LogP contribution in [-0.2, 0) is 30.3 Å². The number of phenolic OH excluding ortho intramolecular Hbond substituents is 4. The van der Waals surface area contributed by atoms with E-state index in [2.05, 4.69) is 27.7 Å². The highest BCUT2D eigenvalue weighted by Gasteiger charge is 2.38. The van der Waals surface area contributed by atoms with Crippen LogP contribution in [0, 0.1) is 0 Å². The molecule has 1 heterocycles. The Kier molecular flexibility index (Phi) is 55.6. The zero-order chi connectivity index (χ0) is 78.4. The third-order valence-electron chi connectivity index (χ3n) is 21.9. The van der Waals surface area contributed by atoms with Crippen LogP contribution in [-0.4, -0.2) is 56.4 Å². The van der Waals surface area contributed by atoms with Gasteiger partial charge in [-0.2, -0.15) is 0 Å². The number of benzene rings is 3. The van der Waals surface area contributed by atoms with E-state index in [1.807, 2.05) is 0 Å². The molecular weight excluding hydrogens is 1370 g/mol. The zero-order valence-electron chi connectivity index (χ0n) is 69.4. The number of hydrogen-bond acceptors (Lipinski definition) is 15. The lowest BCUT2D eigenvalue weighted by atomic mass is 9.93. The lowest BCUT2D eigenvalue weighted by Crippen LogP contribution is -2.35. The molecule has 0 amide bonds. The maximum absolute atomic E-state index is 14.9. The summed E-state index contributed by atoms with van der Waals surface area (Å²) in [6.07, 6.45) is 67.2. The van der Waals surface area contributed by atoms with Crippen molar-refractivity contribution in [3.8, 4) is 51.7 Å². The van der Waals surface area contributed by atoms with Gasteiger partial charge in [0.1, 0.15) is 23.4 Å². The van der Waals surface area contributed by atoms with E-state index >= 15 is 0 Å². The highest BCUT2D eigenvalue weighted by atomic mass is 16.6. The molecule has 4 N–H and O–H groups in total. The first-order chi connectivity index (χ1) is 53.3. The molecule has 0 aromatic heterocycles. The van der Waals surface area contributed by atoms with Crippen LogP contribution in [0.15, 0.2) is 36.4 Å². The van der Waals surface area contributed by atoms with Crippen molar-refractivity contribution < 1.29 is 72.8 Å². The summed E-state index contributed by atoms with van der Waals surface area (Å²) in [5, 5.41) is 45.6. The van der Waals surface area contributed by atoms with Crippen LogP contribution in [0.4, 0.5) is 0 Å². The Morgan fingerprint density at radius 2 is 0.541 bits per heavy atom. The highest BCUT2D eigenvalue weighted by molar-refractivity contribution is 5.92. The summed E-state index contributed by atoms with van der Waals surface area (Å²) in [5.41, 5.74) is 0.0685. The van der Waals surface area contributed by atoms with Crippen LogP contribution in [0.25, 0.3) is 0 Å². The molecule has 0 bridgehead atoms. The van der Waals surface area contributed by atoms with Crippen LogP contribution in [0.5, 0.6) is 51.7 Å². The van der Waals surface area contributed by atoms with E-state index in [0.717, 1.165) is 121 Å². The summed E-state index contributed by atoms with van der Waals surface area (Å²) in [6, 6.07) is 7.47. The van der Waals surface area contributed by atoms with Gasteiger partial charge in [0, 0.05) is 55.4 Å². The first-order valence-electron chi connectivity index (χ1n) is 45.3. The molecule has 4 rings (SSSR count). The number of rotatable bonds is 71. The van der Waals surface area contributed by atoms with Crippen molar-refractivity contribution in [2.75, 3.05) is 0 Å². The van der Waals surface area contributed by atoms with Gasteiger partial charge >= 0.3 is 29.8 Å². The molecule has 0 saturated carbocycles.